The second kappa shape index (κ2) is 3.58. The lowest BCUT2D eigenvalue weighted by Crippen LogP contribution is -2.39. The Hall–Kier alpha value is -0.0800. The minimum atomic E-state index is 0.401. The van der Waals surface area contributed by atoms with Gasteiger partial charge in [0.1, 0.15) is 0 Å². The first kappa shape index (κ1) is 9.47. The summed E-state index contributed by atoms with van der Waals surface area (Å²) < 4.78 is 5.47. The van der Waals surface area contributed by atoms with E-state index in [9.17, 15) is 0 Å². The fourth-order valence-corrected chi connectivity index (χ4v) is 3.41. The maximum Gasteiger partial charge on any atom is 0.0701 e. The lowest BCUT2D eigenvalue weighted by atomic mass is 9.91. The molecule has 2 nitrogen and oxygen atoms in total. The number of hydrogen-bond acceptors (Lipinski definition) is 2. The summed E-state index contributed by atoms with van der Waals surface area (Å²) in [6.07, 6.45) is 4.71. The molecule has 0 amide bonds. The zero-order valence-electron chi connectivity index (χ0n) is 8.99. The number of likely N-dealkylation sites (N-methyl/N-ethyl adjacent to an activating group) is 1. The van der Waals surface area contributed by atoms with E-state index in [4.69, 9.17) is 4.74 Å². The fraction of sp³-hybridized carbons (Fsp3) is 1.00. The number of likely N-dealkylation sites (tertiary alicyclic amines) is 1. The van der Waals surface area contributed by atoms with Gasteiger partial charge in [0.05, 0.1) is 6.10 Å². The highest BCUT2D eigenvalue weighted by atomic mass is 16.5. The van der Waals surface area contributed by atoms with Gasteiger partial charge in [-0.1, -0.05) is 6.42 Å². The summed E-state index contributed by atoms with van der Waals surface area (Å²) in [5.74, 6) is 1.88. The van der Waals surface area contributed by atoms with Crippen LogP contribution in [-0.4, -0.2) is 37.7 Å². The number of ether oxygens (including phenoxy) is 1. The predicted molar refractivity (Wildman–Crippen MR) is 53.7 cm³/mol. The third-order valence-corrected chi connectivity index (χ3v) is 4.04. The maximum atomic E-state index is 5.47. The first-order valence-corrected chi connectivity index (χ1v) is 5.47. The number of nitrogens with zero attached hydrogens (tertiary/aromatic N) is 1. The van der Waals surface area contributed by atoms with E-state index >= 15 is 0 Å². The van der Waals surface area contributed by atoms with Crippen molar-refractivity contribution in [3.8, 4) is 0 Å². The lowest BCUT2D eigenvalue weighted by Gasteiger charge is -2.29. The highest BCUT2D eigenvalue weighted by molar-refractivity contribution is 4.97. The summed E-state index contributed by atoms with van der Waals surface area (Å²) in [6, 6.07) is 0.678. The first-order valence-electron chi connectivity index (χ1n) is 5.47. The van der Waals surface area contributed by atoms with Crippen molar-refractivity contribution in [3.63, 3.8) is 0 Å². The van der Waals surface area contributed by atoms with Crippen LogP contribution in [0.2, 0.25) is 0 Å². The van der Waals surface area contributed by atoms with Gasteiger partial charge < -0.3 is 9.64 Å². The van der Waals surface area contributed by atoms with Gasteiger partial charge in [0, 0.05) is 19.7 Å². The van der Waals surface area contributed by atoms with E-state index in [1.165, 1.54) is 25.8 Å². The van der Waals surface area contributed by atoms with Crippen molar-refractivity contribution in [2.75, 3.05) is 20.7 Å². The molecule has 2 heteroatoms. The molecule has 1 saturated heterocycles. The zero-order chi connectivity index (χ0) is 9.42. The molecule has 1 aliphatic heterocycles. The molecule has 0 radical (unpaired) electrons. The summed E-state index contributed by atoms with van der Waals surface area (Å²) in [4.78, 5) is 2.50. The average molecular weight is 183 g/mol. The molecule has 0 bridgehead atoms. The Balaban J connectivity index is 2.07. The van der Waals surface area contributed by atoms with Crippen molar-refractivity contribution in [1.82, 2.24) is 4.90 Å². The molecule has 0 N–H and O–H groups in total. The molecule has 4 atom stereocenters. The van der Waals surface area contributed by atoms with Crippen LogP contribution in [0.4, 0.5) is 0 Å². The van der Waals surface area contributed by atoms with Crippen LogP contribution in [-0.2, 0) is 4.74 Å². The highest BCUT2D eigenvalue weighted by Crippen LogP contribution is 2.42. The summed E-state index contributed by atoms with van der Waals surface area (Å²) in [7, 11) is 4.08. The molecule has 1 aliphatic carbocycles. The van der Waals surface area contributed by atoms with Crippen LogP contribution in [0.3, 0.4) is 0 Å². The molecule has 0 aromatic heterocycles. The van der Waals surface area contributed by atoms with Crippen molar-refractivity contribution in [2.24, 2.45) is 11.8 Å². The first-order chi connectivity index (χ1) is 6.24. The molecule has 2 rings (SSSR count). The van der Waals surface area contributed by atoms with Gasteiger partial charge in [0.2, 0.25) is 0 Å². The lowest BCUT2D eigenvalue weighted by molar-refractivity contribution is 0.0362. The normalized spacial score (nSPS) is 42.2. The molecule has 0 spiro atoms. The topological polar surface area (TPSA) is 12.5 Å². The minimum Gasteiger partial charge on any atom is -0.380 e. The van der Waals surface area contributed by atoms with Crippen molar-refractivity contribution < 1.29 is 4.74 Å². The third-order valence-electron chi connectivity index (χ3n) is 4.04. The van der Waals surface area contributed by atoms with Crippen molar-refractivity contribution in [3.05, 3.63) is 0 Å². The molecule has 0 unspecified atom stereocenters. The maximum absolute atomic E-state index is 5.47. The molecule has 1 heterocycles. The van der Waals surface area contributed by atoms with E-state index in [-0.39, 0.29) is 0 Å². The summed E-state index contributed by atoms with van der Waals surface area (Å²) >= 11 is 0. The van der Waals surface area contributed by atoms with Gasteiger partial charge in [-0.25, -0.2) is 0 Å². The Kier molecular flexibility index (Phi) is 2.61. The molecule has 2 aliphatic rings. The van der Waals surface area contributed by atoms with Crippen LogP contribution in [0.1, 0.15) is 26.2 Å². The van der Waals surface area contributed by atoms with Gasteiger partial charge in [-0.3, -0.25) is 0 Å². The number of rotatable bonds is 2. The van der Waals surface area contributed by atoms with Crippen LogP contribution >= 0.6 is 0 Å². The smallest absolute Gasteiger partial charge is 0.0701 e. The largest absolute Gasteiger partial charge is 0.380 e. The third kappa shape index (κ3) is 1.50. The molecule has 76 valence electrons. The number of hydrogen-bond donors (Lipinski definition) is 0. The van der Waals surface area contributed by atoms with Gasteiger partial charge in [0.25, 0.3) is 0 Å². The van der Waals surface area contributed by atoms with Crippen LogP contribution in [0.5, 0.6) is 0 Å². The standard InChI is InChI=1S/C11H21NO/c1-8(13-3)11-10-6-4-5-9(10)7-12(11)2/h8-11H,4-7H2,1-3H3/t8-,9-,10-,11+/m0/s1. The van der Waals surface area contributed by atoms with Crippen molar-refractivity contribution >= 4 is 0 Å². The van der Waals surface area contributed by atoms with Crippen molar-refractivity contribution in [2.45, 2.75) is 38.3 Å². The second-order valence-electron chi connectivity index (χ2n) is 4.73. The van der Waals surface area contributed by atoms with Crippen molar-refractivity contribution in [1.29, 1.82) is 0 Å². The monoisotopic (exact) mass is 183 g/mol. The van der Waals surface area contributed by atoms with Gasteiger partial charge in [-0.15, -0.1) is 0 Å². The number of methoxy groups -OCH3 is 1. The fourth-order valence-electron chi connectivity index (χ4n) is 3.41. The molecule has 0 aromatic rings. The Bertz CT molecular complexity index is 179. The van der Waals surface area contributed by atoms with E-state index in [2.05, 4.69) is 18.9 Å². The molecule has 2 fully saturated rings. The Morgan fingerprint density at radius 1 is 1.38 bits per heavy atom. The minimum absolute atomic E-state index is 0.401. The van der Waals surface area contributed by atoms with E-state index in [1.54, 1.807) is 0 Å². The summed E-state index contributed by atoms with van der Waals surface area (Å²) in [5.41, 5.74) is 0. The van der Waals surface area contributed by atoms with Crippen LogP contribution in [0.15, 0.2) is 0 Å². The predicted octanol–water partition coefficient (Wildman–Crippen LogP) is 1.75. The average Bonchev–Trinajstić information content (AvgIpc) is 2.62. The second-order valence-corrected chi connectivity index (χ2v) is 4.73. The number of fused-ring (bicyclic) bond motifs is 1. The quantitative estimate of drug-likeness (QED) is 0.646. The van der Waals surface area contributed by atoms with Gasteiger partial charge >= 0.3 is 0 Å². The van der Waals surface area contributed by atoms with Gasteiger partial charge in [-0.05, 0) is 38.6 Å². The van der Waals surface area contributed by atoms with E-state index < -0.39 is 0 Å². The van der Waals surface area contributed by atoms with E-state index in [0.717, 1.165) is 11.8 Å². The molecule has 13 heavy (non-hydrogen) atoms. The molecule has 1 saturated carbocycles. The molecular formula is C11H21NO. The van der Waals surface area contributed by atoms with Crippen LogP contribution < -0.4 is 0 Å². The Morgan fingerprint density at radius 2 is 2.15 bits per heavy atom. The zero-order valence-corrected chi connectivity index (χ0v) is 8.99. The van der Waals surface area contributed by atoms with E-state index in [0.29, 0.717) is 12.1 Å². The van der Waals surface area contributed by atoms with Crippen LogP contribution in [0.25, 0.3) is 0 Å². The van der Waals surface area contributed by atoms with E-state index in [1.807, 2.05) is 7.11 Å². The molecule has 0 aromatic carbocycles. The highest BCUT2D eigenvalue weighted by Gasteiger charge is 2.44. The van der Waals surface area contributed by atoms with Gasteiger partial charge in [0.15, 0.2) is 0 Å². The summed E-state index contributed by atoms with van der Waals surface area (Å²) in [5, 5.41) is 0. The Morgan fingerprint density at radius 3 is 2.85 bits per heavy atom. The summed E-state index contributed by atoms with van der Waals surface area (Å²) in [6.45, 7) is 3.50. The SMILES string of the molecule is CO[C@@H](C)[C@@H]1[C@H]2CCC[C@H]2CN1C. The Labute approximate surface area is 81.3 Å². The van der Waals surface area contributed by atoms with Gasteiger partial charge in [-0.2, -0.15) is 0 Å². The molecular weight excluding hydrogens is 162 g/mol. The van der Waals surface area contributed by atoms with Crippen LogP contribution in [0, 0.1) is 11.8 Å².